The molecule has 17 heavy (non-hydrogen) atoms. The summed E-state index contributed by atoms with van der Waals surface area (Å²) in [5.41, 5.74) is -0.102. The van der Waals surface area contributed by atoms with Crippen LogP contribution in [0.3, 0.4) is 0 Å². The maximum Gasteiger partial charge on any atom is 0.275 e. The fraction of sp³-hybridized carbons (Fsp3) is 0.125. The van der Waals surface area contributed by atoms with E-state index in [0.29, 0.717) is 10.2 Å². The summed E-state index contributed by atoms with van der Waals surface area (Å²) in [4.78, 5) is 18.1. The number of hydrogen-bond donors (Lipinski definition) is 0. The van der Waals surface area contributed by atoms with Gasteiger partial charge in [-0.3, -0.25) is 10.1 Å². The number of nitro groups is 1. The molecule has 0 unspecified atom stereocenters. The summed E-state index contributed by atoms with van der Waals surface area (Å²) in [5.74, 6) is 0. The lowest BCUT2D eigenvalue weighted by atomic mass is 10.4. The molecule has 2 aromatic heterocycles. The second kappa shape index (κ2) is 4.68. The number of aryl methyl sites for hydroxylation is 1. The van der Waals surface area contributed by atoms with Crippen molar-refractivity contribution in [2.75, 3.05) is 0 Å². The quantitative estimate of drug-likeness (QED) is 0.481. The van der Waals surface area contributed by atoms with Gasteiger partial charge in [0.25, 0.3) is 5.69 Å². The van der Waals surface area contributed by atoms with Crippen molar-refractivity contribution >= 4 is 29.1 Å². The van der Waals surface area contributed by atoms with Gasteiger partial charge < -0.3 is 0 Å². The van der Waals surface area contributed by atoms with E-state index in [1.807, 2.05) is 0 Å². The second-order valence-corrected chi connectivity index (χ2v) is 4.39. The van der Waals surface area contributed by atoms with E-state index in [-0.39, 0.29) is 10.8 Å². The topological polar surface area (TPSA) is 86.7 Å². The molecular formula is C8H6ClN5O2S. The van der Waals surface area contributed by atoms with Crippen LogP contribution in [0.2, 0.25) is 5.15 Å². The van der Waals surface area contributed by atoms with Crippen LogP contribution < -0.4 is 0 Å². The molecule has 0 aliphatic heterocycles. The molecule has 0 aliphatic rings. The van der Waals surface area contributed by atoms with Gasteiger partial charge in [0.2, 0.25) is 0 Å². The Balaban J connectivity index is 2.33. The third kappa shape index (κ3) is 2.71. The number of nitrogens with zero attached hydrogens (tertiary/aromatic N) is 5. The minimum atomic E-state index is -0.520. The first-order valence-electron chi connectivity index (χ1n) is 4.40. The van der Waals surface area contributed by atoms with E-state index in [1.54, 1.807) is 11.7 Å². The van der Waals surface area contributed by atoms with Crippen LogP contribution in [0.25, 0.3) is 0 Å². The van der Waals surface area contributed by atoms with Gasteiger partial charge in [-0.15, -0.1) is 0 Å². The Labute approximate surface area is 105 Å². The lowest BCUT2D eigenvalue weighted by Crippen LogP contribution is -1.94. The van der Waals surface area contributed by atoms with Crippen LogP contribution in [0, 0.1) is 10.1 Å². The number of aromatic nitrogens is 4. The van der Waals surface area contributed by atoms with E-state index in [0.717, 1.165) is 11.8 Å². The van der Waals surface area contributed by atoms with E-state index in [4.69, 9.17) is 11.6 Å². The summed E-state index contributed by atoms with van der Waals surface area (Å²) in [7, 11) is 1.72. The van der Waals surface area contributed by atoms with Gasteiger partial charge in [0.15, 0.2) is 5.16 Å². The molecule has 0 bridgehead atoms. The molecule has 2 rings (SSSR count). The largest absolute Gasteiger partial charge is 0.275 e. The summed E-state index contributed by atoms with van der Waals surface area (Å²) in [5, 5.41) is 15.6. The van der Waals surface area contributed by atoms with Crippen molar-refractivity contribution < 1.29 is 4.92 Å². The van der Waals surface area contributed by atoms with Gasteiger partial charge in [-0.2, -0.15) is 5.10 Å². The Morgan fingerprint density at radius 2 is 2.29 bits per heavy atom. The summed E-state index contributed by atoms with van der Waals surface area (Å²) < 4.78 is 1.54. The SMILES string of the molecule is Cn1ncnc1Sc1cc([N+](=O)[O-])cc(Cl)n1. The van der Waals surface area contributed by atoms with Gasteiger partial charge in [0.05, 0.1) is 11.0 Å². The van der Waals surface area contributed by atoms with Crippen LogP contribution >= 0.6 is 23.4 Å². The standard InChI is InChI=1S/C8H6ClN5O2S/c1-13-8(10-4-11-13)17-7-3-5(14(15)16)2-6(9)12-7/h2-4H,1H3. The van der Waals surface area contributed by atoms with Crippen LogP contribution in [0.4, 0.5) is 5.69 Å². The fourth-order valence-corrected chi connectivity index (χ4v) is 2.13. The highest BCUT2D eigenvalue weighted by Gasteiger charge is 2.12. The monoisotopic (exact) mass is 271 g/mol. The van der Waals surface area contributed by atoms with E-state index in [2.05, 4.69) is 15.1 Å². The van der Waals surface area contributed by atoms with Gasteiger partial charge >= 0.3 is 0 Å². The molecule has 0 spiro atoms. The molecule has 88 valence electrons. The van der Waals surface area contributed by atoms with Crippen LogP contribution in [0.5, 0.6) is 0 Å². The molecule has 9 heteroatoms. The Morgan fingerprint density at radius 1 is 1.53 bits per heavy atom. The average Bonchev–Trinajstić information content (AvgIpc) is 2.63. The highest BCUT2D eigenvalue weighted by Crippen LogP contribution is 2.28. The molecule has 0 saturated heterocycles. The van der Waals surface area contributed by atoms with Gasteiger partial charge in [0.1, 0.15) is 16.5 Å². The molecule has 0 aliphatic carbocycles. The summed E-state index contributed by atoms with van der Waals surface area (Å²) in [6, 6.07) is 2.54. The van der Waals surface area contributed by atoms with Crippen molar-refractivity contribution in [3.8, 4) is 0 Å². The highest BCUT2D eigenvalue weighted by molar-refractivity contribution is 7.99. The zero-order valence-corrected chi connectivity index (χ0v) is 10.1. The molecule has 0 aromatic carbocycles. The van der Waals surface area contributed by atoms with Crippen molar-refractivity contribution in [3.63, 3.8) is 0 Å². The highest BCUT2D eigenvalue weighted by atomic mass is 35.5. The molecule has 2 aromatic rings. The lowest BCUT2D eigenvalue weighted by Gasteiger charge is -2.00. The van der Waals surface area contributed by atoms with Crippen LogP contribution in [0.1, 0.15) is 0 Å². The molecule has 0 amide bonds. The third-order valence-electron chi connectivity index (χ3n) is 1.83. The van der Waals surface area contributed by atoms with Crippen molar-refractivity contribution in [1.82, 2.24) is 19.7 Å². The first-order chi connectivity index (χ1) is 8.06. The number of hydrogen-bond acceptors (Lipinski definition) is 6. The predicted octanol–water partition coefficient (Wildman–Crippen LogP) is 1.92. The Kier molecular flexibility index (Phi) is 3.25. The zero-order valence-electron chi connectivity index (χ0n) is 8.57. The number of halogens is 1. The maximum atomic E-state index is 10.7. The summed E-state index contributed by atoms with van der Waals surface area (Å²) in [6.07, 6.45) is 1.39. The molecule has 2 heterocycles. The summed E-state index contributed by atoms with van der Waals surface area (Å²) >= 11 is 6.86. The number of rotatable bonds is 3. The molecule has 0 radical (unpaired) electrons. The Hall–Kier alpha value is -1.67. The van der Waals surface area contributed by atoms with E-state index in [9.17, 15) is 10.1 Å². The molecule has 0 N–H and O–H groups in total. The average molecular weight is 272 g/mol. The van der Waals surface area contributed by atoms with E-state index >= 15 is 0 Å². The minimum absolute atomic E-state index is 0.0730. The third-order valence-corrected chi connectivity index (χ3v) is 3.00. The smallest absolute Gasteiger partial charge is 0.258 e. The van der Waals surface area contributed by atoms with Crippen LogP contribution in [-0.4, -0.2) is 24.7 Å². The van der Waals surface area contributed by atoms with Crippen molar-refractivity contribution in [2.24, 2.45) is 7.05 Å². The van der Waals surface area contributed by atoms with Crippen LogP contribution in [-0.2, 0) is 7.05 Å². The van der Waals surface area contributed by atoms with E-state index < -0.39 is 4.92 Å². The molecular weight excluding hydrogens is 266 g/mol. The van der Waals surface area contributed by atoms with Crippen molar-refractivity contribution in [2.45, 2.75) is 10.2 Å². The Morgan fingerprint density at radius 3 is 2.88 bits per heavy atom. The van der Waals surface area contributed by atoms with Crippen molar-refractivity contribution in [1.29, 1.82) is 0 Å². The molecule has 0 fully saturated rings. The predicted molar refractivity (Wildman–Crippen MR) is 61.0 cm³/mol. The van der Waals surface area contributed by atoms with Gasteiger partial charge in [-0.05, 0) is 11.8 Å². The van der Waals surface area contributed by atoms with Crippen LogP contribution in [0.15, 0.2) is 28.6 Å². The van der Waals surface area contributed by atoms with Gasteiger partial charge in [-0.25, -0.2) is 14.6 Å². The first-order valence-corrected chi connectivity index (χ1v) is 5.59. The second-order valence-electron chi connectivity index (χ2n) is 3.01. The first kappa shape index (κ1) is 11.8. The number of pyridine rings is 1. The molecule has 0 saturated carbocycles. The van der Waals surface area contributed by atoms with Crippen molar-refractivity contribution in [3.05, 3.63) is 33.7 Å². The fourth-order valence-electron chi connectivity index (χ4n) is 1.09. The zero-order chi connectivity index (χ0) is 12.4. The molecule has 7 nitrogen and oxygen atoms in total. The minimum Gasteiger partial charge on any atom is -0.258 e. The Bertz CT molecular complexity index is 573. The normalized spacial score (nSPS) is 10.5. The summed E-state index contributed by atoms with van der Waals surface area (Å²) in [6.45, 7) is 0. The molecule has 0 atom stereocenters. The maximum absolute atomic E-state index is 10.7. The van der Waals surface area contributed by atoms with Gasteiger partial charge in [0, 0.05) is 13.1 Å². The van der Waals surface area contributed by atoms with Gasteiger partial charge in [-0.1, -0.05) is 11.6 Å². The van der Waals surface area contributed by atoms with E-state index in [1.165, 1.54) is 18.5 Å². The lowest BCUT2D eigenvalue weighted by molar-refractivity contribution is -0.385.